The summed E-state index contributed by atoms with van der Waals surface area (Å²) in [5, 5.41) is 20.6. The number of fused-ring (bicyclic) bond motifs is 1. The molecule has 1 aliphatic rings. The molecule has 0 saturated heterocycles. The lowest BCUT2D eigenvalue weighted by Crippen LogP contribution is -2.33. The van der Waals surface area contributed by atoms with Gasteiger partial charge in [-0.15, -0.1) is 0 Å². The van der Waals surface area contributed by atoms with Crippen molar-refractivity contribution in [1.29, 1.82) is 0 Å². The van der Waals surface area contributed by atoms with Crippen molar-refractivity contribution >= 4 is 30.5 Å². The molecule has 2 atom stereocenters. The Hall–Kier alpha value is -2.04. The van der Waals surface area contributed by atoms with E-state index in [1.165, 1.54) is 17.2 Å². The molecule has 0 spiro atoms. The van der Waals surface area contributed by atoms with Crippen molar-refractivity contribution in [1.82, 2.24) is 19.5 Å². The summed E-state index contributed by atoms with van der Waals surface area (Å²) in [6.45, 7) is 1.09. The van der Waals surface area contributed by atoms with Crippen LogP contribution < -0.4 is 5.73 Å². The van der Waals surface area contributed by atoms with Crippen molar-refractivity contribution in [2.24, 2.45) is 5.41 Å². The van der Waals surface area contributed by atoms with E-state index in [1.54, 1.807) is 6.92 Å². The summed E-state index contributed by atoms with van der Waals surface area (Å²) in [5.41, 5.74) is 5.56. The SMILES string of the molecule is C[C@]1(COP(=O)(O)O)CC(n2cnc3c(N)ncnc32)=C(O)[C@@H]1O. The van der Waals surface area contributed by atoms with Gasteiger partial charge in [-0.2, -0.15) is 0 Å². The van der Waals surface area contributed by atoms with Gasteiger partial charge in [0, 0.05) is 11.8 Å². The second kappa shape index (κ2) is 5.50. The number of aromatic nitrogens is 4. The Morgan fingerprint density at radius 3 is 2.83 bits per heavy atom. The number of aliphatic hydroxyl groups is 2. The second-order valence-corrected chi connectivity index (χ2v) is 7.11. The van der Waals surface area contributed by atoms with Gasteiger partial charge in [0.15, 0.2) is 17.0 Å². The minimum atomic E-state index is -4.70. The molecule has 1 aliphatic carbocycles. The number of anilines is 1. The van der Waals surface area contributed by atoms with Crippen LogP contribution in [0.4, 0.5) is 5.82 Å². The molecule has 130 valence electrons. The third-order valence-electron chi connectivity index (χ3n) is 4.00. The number of hydrogen-bond acceptors (Lipinski definition) is 8. The van der Waals surface area contributed by atoms with Gasteiger partial charge in [0.25, 0.3) is 0 Å². The van der Waals surface area contributed by atoms with Crippen molar-refractivity contribution in [3.8, 4) is 0 Å². The lowest BCUT2D eigenvalue weighted by molar-refractivity contribution is 0.0113. The summed E-state index contributed by atoms with van der Waals surface area (Å²) in [5.74, 6) is -0.173. The lowest BCUT2D eigenvalue weighted by atomic mass is 9.86. The highest BCUT2D eigenvalue weighted by atomic mass is 31.2. The van der Waals surface area contributed by atoms with Gasteiger partial charge in [-0.1, -0.05) is 6.92 Å². The number of hydrogen-bond donors (Lipinski definition) is 5. The van der Waals surface area contributed by atoms with Crippen molar-refractivity contribution in [2.45, 2.75) is 19.4 Å². The molecule has 6 N–H and O–H groups in total. The van der Waals surface area contributed by atoms with Crippen molar-refractivity contribution in [3.63, 3.8) is 0 Å². The molecule has 2 aromatic heterocycles. The van der Waals surface area contributed by atoms with E-state index in [2.05, 4.69) is 19.5 Å². The summed E-state index contributed by atoms with van der Waals surface area (Å²) in [6.07, 6.45) is 1.34. The van der Waals surface area contributed by atoms with E-state index in [-0.39, 0.29) is 18.0 Å². The van der Waals surface area contributed by atoms with Crippen LogP contribution in [0, 0.1) is 5.41 Å². The summed E-state index contributed by atoms with van der Waals surface area (Å²) in [7, 11) is -4.70. The molecule has 0 unspecified atom stereocenters. The van der Waals surface area contributed by atoms with Crippen molar-refractivity contribution in [2.75, 3.05) is 12.3 Å². The lowest BCUT2D eigenvalue weighted by Gasteiger charge is -2.27. The normalized spacial score (nSPS) is 24.9. The van der Waals surface area contributed by atoms with Crippen LogP contribution in [0.25, 0.3) is 16.9 Å². The average Bonchev–Trinajstić information content (AvgIpc) is 3.02. The fraction of sp³-hybridized carbons (Fsp3) is 0.417. The number of imidazole rings is 1. The first-order chi connectivity index (χ1) is 11.1. The summed E-state index contributed by atoms with van der Waals surface area (Å²) >= 11 is 0. The molecule has 0 bridgehead atoms. The third kappa shape index (κ3) is 2.76. The van der Waals surface area contributed by atoms with Crippen molar-refractivity contribution in [3.05, 3.63) is 18.4 Å². The van der Waals surface area contributed by atoms with E-state index >= 15 is 0 Å². The highest BCUT2D eigenvalue weighted by molar-refractivity contribution is 7.46. The maximum absolute atomic E-state index is 10.9. The molecule has 0 saturated carbocycles. The molecule has 0 amide bonds. The molecule has 0 aliphatic heterocycles. The molecule has 0 radical (unpaired) electrons. The predicted molar refractivity (Wildman–Crippen MR) is 82.3 cm³/mol. The van der Waals surface area contributed by atoms with Crippen LogP contribution in [0.2, 0.25) is 0 Å². The van der Waals surface area contributed by atoms with Crippen LogP contribution >= 0.6 is 7.82 Å². The molecule has 24 heavy (non-hydrogen) atoms. The van der Waals surface area contributed by atoms with Crippen LogP contribution in [-0.4, -0.2) is 52.2 Å². The van der Waals surface area contributed by atoms with Gasteiger partial charge in [0.2, 0.25) is 0 Å². The number of phosphoric ester groups is 1. The molecule has 0 aromatic carbocycles. The quantitative estimate of drug-likeness (QED) is 0.468. The van der Waals surface area contributed by atoms with Gasteiger partial charge in [0.1, 0.15) is 24.5 Å². The zero-order valence-electron chi connectivity index (χ0n) is 12.6. The van der Waals surface area contributed by atoms with E-state index < -0.39 is 25.9 Å². The number of nitrogens with zero attached hydrogens (tertiary/aromatic N) is 4. The van der Waals surface area contributed by atoms with Crippen molar-refractivity contribution < 1.29 is 29.1 Å². The van der Waals surface area contributed by atoms with Gasteiger partial charge in [-0.3, -0.25) is 9.09 Å². The smallest absolute Gasteiger partial charge is 0.469 e. The van der Waals surface area contributed by atoms with Crippen LogP contribution in [0.15, 0.2) is 18.4 Å². The maximum atomic E-state index is 10.9. The molecular formula is C12H16N5O6P. The molecule has 0 fully saturated rings. The van der Waals surface area contributed by atoms with Crippen LogP contribution in [0.1, 0.15) is 13.3 Å². The Morgan fingerprint density at radius 2 is 2.17 bits per heavy atom. The molecule has 12 heteroatoms. The average molecular weight is 357 g/mol. The fourth-order valence-corrected chi connectivity index (χ4v) is 3.14. The zero-order chi connectivity index (χ0) is 17.7. The summed E-state index contributed by atoms with van der Waals surface area (Å²) < 4.78 is 16.9. The third-order valence-corrected chi connectivity index (χ3v) is 4.47. The van der Waals surface area contributed by atoms with Gasteiger partial charge >= 0.3 is 7.82 Å². The molecular weight excluding hydrogens is 341 g/mol. The first-order valence-electron chi connectivity index (χ1n) is 6.86. The number of phosphoric acid groups is 1. The molecule has 2 aromatic rings. The largest absolute Gasteiger partial charge is 0.508 e. The van der Waals surface area contributed by atoms with Gasteiger partial charge < -0.3 is 25.7 Å². The Kier molecular flexibility index (Phi) is 3.85. The number of nitrogen functional groups attached to an aromatic ring is 1. The molecule has 2 heterocycles. The predicted octanol–water partition coefficient (Wildman–Crippen LogP) is 0.0153. The highest BCUT2D eigenvalue weighted by Crippen LogP contribution is 2.47. The zero-order valence-corrected chi connectivity index (χ0v) is 13.5. The monoisotopic (exact) mass is 357 g/mol. The van der Waals surface area contributed by atoms with E-state index in [0.717, 1.165) is 0 Å². The summed E-state index contributed by atoms with van der Waals surface area (Å²) in [6, 6.07) is 0. The van der Waals surface area contributed by atoms with Crippen LogP contribution in [-0.2, 0) is 9.09 Å². The highest BCUT2D eigenvalue weighted by Gasteiger charge is 2.46. The number of allylic oxidation sites excluding steroid dienone is 1. The van der Waals surface area contributed by atoms with Crippen LogP contribution in [0.5, 0.6) is 0 Å². The number of rotatable bonds is 4. The van der Waals surface area contributed by atoms with Crippen LogP contribution in [0.3, 0.4) is 0 Å². The van der Waals surface area contributed by atoms with E-state index in [1.807, 2.05) is 0 Å². The van der Waals surface area contributed by atoms with Gasteiger partial charge in [-0.05, 0) is 0 Å². The molecule has 11 nitrogen and oxygen atoms in total. The van der Waals surface area contributed by atoms with E-state index in [4.69, 9.17) is 15.5 Å². The van der Waals surface area contributed by atoms with E-state index in [0.29, 0.717) is 16.9 Å². The van der Waals surface area contributed by atoms with E-state index in [9.17, 15) is 14.8 Å². The van der Waals surface area contributed by atoms with Gasteiger partial charge in [-0.25, -0.2) is 19.5 Å². The number of nitrogens with two attached hydrogens (primary N) is 1. The van der Waals surface area contributed by atoms with Gasteiger partial charge in [0.05, 0.1) is 12.3 Å². The summed E-state index contributed by atoms with van der Waals surface area (Å²) in [4.78, 5) is 29.7. The Labute approximate surface area is 135 Å². The first-order valence-corrected chi connectivity index (χ1v) is 8.39. The Bertz CT molecular complexity index is 876. The Balaban J connectivity index is 1.97. The minimum absolute atomic E-state index is 0.0787. The topological polar surface area (TPSA) is 177 Å². The fourth-order valence-electron chi connectivity index (χ4n) is 2.68. The standard InChI is InChI=1S/C12H16N5O6P/c1-12(3-23-24(20,21)22)2-6(8(18)9(12)19)17-5-16-7-10(13)14-4-15-11(7)17/h4-5,9,18-19H,2-3H2,1H3,(H2,13,14,15)(H2,20,21,22)/t9-,12+/m0/s1. The first kappa shape index (κ1) is 16.8. The maximum Gasteiger partial charge on any atom is 0.469 e. The molecule has 3 rings (SSSR count). The second-order valence-electron chi connectivity index (χ2n) is 5.87. The number of aliphatic hydroxyl groups excluding tert-OH is 2. The minimum Gasteiger partial charge on any atom is -0.508 e. The Morgan fingerprint density at radius 1 is 1.46 bits per heavy atom.